The molecule has 0 aliphatic heterocycles. The number of carbonyl (C=O) groups is 1. The van der Waals surface area contributed by atoms with Gasteiger partial charge in [0.25, 0.3) is 0 Å². The van der Waals surface area contributed by atoms with Crippen molar-refractivity contribution in [2.24, 2.45) is 28.6 Å². The molecule has 2 fully saturated rings. The van der Waals surface area contributed by atoms with Gasteiger partial charge in [0.15, 0.2) is 0 Å². The third-order valence-electron chi connectivity index (χ3n) is 8.18. The Bertz CT molecular complexity index is 589. The molecule has 0 heterocycles. The van der Waals surface area contributed by atoms with Gasteiger partial charge in [0, 0.05) is 12.3 Å². The fraction of sp³-hybridized carbons (Fsp3) is 0.773. The highest BCUT2D eigenvalue weighted by molar-refractivity contribution is 5.66. The number of rotatable bonds is 1. The van der Waals surface area contributed by atoms with Gasteiger partial charge in [0.1, 0.15) is 6.10 Å². The van der Waals surface area contributed by atoms with E-state index in [1.807, 2.05) is 0 Å². The number of ether oxygens (including phenoxy) is 1. The summed E-state index contributed by atoms with van der Waals surface area (Å²) in [5, 5.41) is 0. The monoisotopic (exact) mass is 328 g/mol. The van der Waals surface area contributed by atoms with Gasteiger partial charge in [-0.15, -0.1) is 0 Å². The Balaban J connectivity index is 1.63. The zero-order chi connectivity index (χ0) is 16.9. The molecular weight excluding hydrogens is 296 g/mol. The molecule has 0 aromatic heterocycles. The number of hydrogen-bond donors (Lipinski definition) is 0. The second-order valence-corrected chi connectivity index (χ2v) is 9.19. The van der Waals surface area contributed by atoms with Crippen LogP contribution >= 0.6 is 0 Å². The molecule has 0 spiro atoms. The summed E-state index contributed by atoms with van der Waals surface area (Å²) in [6, 6.07) is 0. The molecular formula is C22H32O2. The number of allylic oxidation sites excluding steroid dienone is 4. The molecule has 132 valence electrons. The van der Waals surface area contributed by atoms with Gasteiger partial charge in [-0.1, -0.05) is 37.6 Å². The second-order valence-electron chi connectivity index (χ2n) is 9.19. The molecule has 4 rings (SSSR count). The first-order chi connectivity index (χ1) is 11.4. The van der Waals surface area contributed by atoms with E-state index in [4.69, 9.17) is 4.74 Å². The zero-order valence-corrected chi connectivity index (χ0v) is 15.5. The van der Waals surface area contributed by atoms with Crippen molar-refractivity contribution in [1.29, 1.82) is 0 Å². The summed E-state index contributed by atoms with van der Waals surface area (Å²) >= 11 is 0. The molecule has 6 atom stereocenters. The van der Waals surface area contributed by atoms with Crippen molar-refractivity contribution in [3.8, 4) is 0 Å². The molecule has 0 unspecified atom stereocenters. The summed E-state index contributed by atoms with van der Waals surface area (Å²) in [7, 11) is 0. The fourth-order valence-electron chi connectivity index (χ4n) is 6.88. The van der Waals surface area contributed by atoms with Gasteiger partial charge in [-0.2, -0.15) is 0 Å². The van der Waals surface area contributed by atoms with E-state index in [-0.39, 0.29) is 17.5 Å². The maximum absolute atomic E-state index is 11.5. The predicted molar refractivity (Wildman–Crippen MR) is 96.4 cm³/mol. The van der Waals surface area contributed by atoms with E-state index in [9.17, 15) is 4.79 Å². The van der Waals surface area contributed by atoms with Gasteiger partial charge in [0.05, 0.1) is 0 Å². The van der Waals surface area contributed by atoms with E-state index in [2.05, 4.69) is 32.1 Å². The van der Waals surface area contributed by atoms with Crippen LogP contribution < -0.4 is 0 Å². The number of carbonyl (C=O) groups excluding carboxylic acids is 1. The Morgan fingerprint density at radius 3 is 2.75 bits per heavy atom. The minimum Gasteiger partial charge on any atom is -0.462 e. The van der Waals surface area contributed by atoms with Crippen LogP contribution in [0.15, 0.2) is 23.8 Å². The molecule has 0 N–H and O–H groups in total. The lowest BCUT2D eigenvalue weighted by molar-refractivity contribution is -0.156. The highest BCUT2D eigenvalue weighted by Crippen LogP contribution is 2.64. The van der Waals surface area contributed by atoms with Crippen molar-refractivity contribution in [1.82, 2.24) is 0 Å². The summed E-state index contributed by atoms with van der Waals surface area (Å²) in [5.41, 5.74) is 2.31. The van der Waals surface area contributed by atoms with Gasteiger partial charge in [-0.05, 0) is 74.5 Å². The van der Waals surface area contributed by atoms with Gasteiger partial charge < -0.3 is 4.74 Å². The molecule has 4 aliphatic rings. The van der Waals surface area contributed by atoms with Crippen molar-refractivity contribution in [3.63, 3.8) is 0 Å². The molecule has 2 heteroatoms. The summed E-state index contributed by atoms with van der Waals surface area (Å²) in [6.07, 6.45) is 17.3. The van der Waals surface area contributed by atoms with E-state index < -0.39 is 0 Å². The Hall–Kier alpha value is -1.05. The van der Waals surface area contributed by atoms with Gasteiger partial charge in [-0.3, -0.25) is 4.79 Å². The highest BCUT2D eigenvalue weighted by Gasteiger charge is 2.58. The lowest BCUT2D eigenvalue weighted by Crippen LogP contribution is -2.50. The molecule has 0 radical (unpaired) electrons. The van der Waals surface area contributed by atoms with Crippen LogP contribution in [0.25, 0.3) is 0 Å². The molecule has 24 heavy (non-hydrogen) atoms. The van der Waals surface area contributed by atoms with Crippen LogP contribution in [0.5, 0.6) is 0 Å². The van der Waals surface area contributed by atoms with E-state index in [1.165, 1.54) is 38.5 Å². The second kappa shape index (κ2) is 5.75. The van der Waals surface area contributed by atoms with Crippen molar-refractivity contribution >= 4 is 5.97 Å². The van der Waals surface area contributed by atoms with Crippen molar-refractivity contribution in [2.45, 2.75) is 78.2 Å². The van der Waals surface area contributed by atoms with Crippen molar-refractivity contribution in [3.05, 3.63) is 23.8 Å². The average molecular weight is 328 g/mol. The lowest BCUT2D eigenvalue weighted by Gasteiger charge is -2.56. The largest absolute Gasteiger partial charge is 0.462 e. The topological polar surface area (TPSA) is 26.3 Å². The summed E-state index contributed by atoms with van der Waals surface area (Å²) < 4.78 is 5.75. The van der Waals surface area contributed by atoms with Crippen LogP contribution in [0.3, 0.4) is 0 Å². The molecule has 0 amide bonds. The Morgan fingerprint density at radius 2 is 1.96 bits per heavy atom. The van der Waals surface area contributed by atoms with Gasteiger partial charge in [0.2, 0.25) is 0 Å². The third kappa shape index (κ3) is 2.32. The van der Waals surface area contributed by atoms with Crippen LogP contribution in [-0.4, -0.2) is 12.1 Å². The van der Waals surface area contributed by atoms with Gasteiger partial charge >= 0.3 is 5.97 Å². The smallest absolute Gasteiger partial charge is 0.302 e. The minimum atomic E-state index is -0.100. The Labute approximate surface area is 146 Å². The van der Waals surface area contributed by atoms with Crippen LogP contribution in [0.1, 0.15) is 72.1 Å². The lowest BCUT2D eigenvalue weighted by atomic mass is 9.49. The van der Waals surface area contributed by atoms with E-state index >= 15 is 0 Å². The van der Waals surface area contributed by atoms with Crippen molar-refractivity contribution < 1.29 is 9.53 Å². The van der Waals surface area contributed by atoms with Crippen LogP contribution in [0.2, 0.25) is 0 Å². The molecule has 2 nitrogen and oxygen atoms in total. The average Bonchev–Trinajstić information content (AvgIpc) is 2.73. The van der Waals surface area contributed by atoms with Crippen LogP contribution in [0.4, 0.5) is 0 Å². The first kappa shape index (κ1) is 16.4. The first-order valence-corrected chi connectivity index (χ1v) is 9.97. The van der Waals surface area contributed by atoms with Crippen LogP contribution in [-0.2, 0) is 9.53 Å². The first-order valence-electron chi connectivity index (χ1n) is 9.97. The van der Waals surface area contributed by atoms with E-state index in [0.29, 0.717) is 5.41 Å². The summed E-state index contributed by atoms with van der Waals surface area (Å²) in [6.45, 7) is 6.52. The van der Waals surface area contributed by atoms with Crippen molar-refractivity contribution in [2.75, 3.05) is 0 Å². The normalized spacial score (nSPS) is 47.0. The standard InChI is InChI=1S/C22H32O2/c1-15(23)24-20-11-10-18-17-9-8-16-7-5-4-6-13-21(16,2)19(17)12-14-22(18,20)3/h4-5,8,17-20H,6-7,9-14H2,1-3H3/t17-,18-,19-,20-,21-,22-/m0/s1. The fourth-order valence-corrected chi connectivity index (χ4v) is 6.88. The van der Waals surface area contributed by atoms with E-state index in [0.717, 1.165) is 30.6 Å². The SMILES string of the molecule is CC(=O)O[C@H]1CC[C@H]2[C@@H]3CC=C4CC=CCC[C@]4(C)[C@H]3CC[C@]12C. The maximum Gasteiger partial charge on any atom is 0.302 e. The molecule has 0 aromatic rings. The molecule has 0 bridgehead atoms. The molecule has 0 aromatic carbocycles. The molecule has 4 aliphatic carbocycles. The van der Waals surface area contributed by atoms with E-state index in [1.54, 1.807) is 12.5 Å². The number of hydrogen-bond acceptors (Lipinski definition) is 2. The Kier molecular flexibility index (Phi) is 3.93. The summed E-state index contributed by atoms with van der Waals surface area (Å²) in [5.74, 6) is 2.24. The predicted octanol–water partition coefficient (Wildman–Crippen LogP) is 5.44. The zero-order valence-electron chi connectivity index (χ0n) is 15.5. The van der Waals surface area contributed by atoms with Crippen LogP contribution in [0, 0.1) is 28.6 Å². The quantitative estimate of drug-likeness (QED) is 0.473. The summed E-state index contributed by atoms with van der Waals surface area (Å²) in [4.78, 5) is 11.5. The van der Waals surface area contributed by atoms with Gasteiger partial charge in [-0.25, -0.2) is 0 Å². The number of esters is 1. The highest BCUT2D eigenvalue weighted by atomic mass is 16.5. The third-order valence-corrected chi connectivity index (χ3v) is 8.18. The molecule has 2 saturated carbocycles. The molecule has 0 saturated heterocycles. The Morgan fingerprint density at radius 1 is 1.12 bits per heavy atom. The number of fused-ring (bicyclic) bond motifs is 5. The minimum absolute atomic E-state index is 0.100. The maximum atomic E-state index is 11.5.